The Bertz CT molecular complexity index is 640. The average Bonchev–Trinajstić information content (AvgIpc) is 3.30. The first-order valence-corrected chi connectivity index (χ1v) is 13.1. The summed E-state index contributed by atoms with van der Waals surface area (Å²) in [4.78, 5) is 14.2. The largest absolute Gasteiger partial charge is 0.392 e. The fourth-order valence-corrected chi connectivity index (χ4v) is 5.81. The maximum atomic E-state index is 12.3. The number of carbonyl (C=O) groups excluding carboxylic acids is 1. The van der Waals surface area contributed by atoms with Crippen LogP contribution in [0.3, 0.4) is 0 Å². The van der Waals surface area contributed by atoms with Gasteiger partial charge in [-0.3, -0.25) is 4.79 Å². The lowest BCUT2D eigenvalue weighted by Crippen LogP contribution is -2.40. The van der Waals surface area contributed by atoms with Crippen molar-refractivity contribution in [3.8, 4) is 0 Å². The van der Waals surface area contributed by atoms with Gasteiger partial charge in [-0.15, -0.1) is 0 Å². The third-order valence-electron chi connectivity index (χ3n) is 7.70. The number of nitrogens with zero attached hydrogens (tertiary/aromatic N) is 1. The highest BCUT2D eigenvalue weighted by molar-refractivity contribution is 5.76. The summed E-state index contributed by atoms with van der Waals surface area (Å²) in [5.41, 5.74) is 1.50. The molecular weight excluding hydrogens is 402 g/mol. The molecule has 2 aliphatic carbocycles. The van der Waals surface area contributed by atoms with E-state index >= 15 is 0 Å². The van der Waals surface area contributed by atoms with Gasteiger partial charge in [-0.25, -0.2) is 0 Å². The molecular formula is C27H45NO4. The maximum Gasteiger partial charge on any atom is 0.222 e. The molecule has 1 aliphatic heterocycles. The van der Waals surface area contributed by atoms with E-state index in [4.69, 9.17) is 4.74 Å². The number of allylic oxidation sites excluding steroid dienone is 2. The molecule has 1 heterocycles. The van der Waals surface area contributed by atoms with E-state index in [1.165, 1.54) is 24.8 Å². The van der Waals surface area contributed by atoms with Crippen LogP contribution < -0.4 is 0 Å². The normalized spacial score (nSPS) is 29.9. The molecule has 182 valence electrons. The Balaban J connectivity index is 1.38. The first-order valence-electron chi connectivity index (χ1n) is 13.1. The van der Waals surface area contributed by atoms with Crippen molar-refractivity contribution in [1.29, 1.82) is 0 Å². The van der Waals surface area contributed by atoms with Gasteiger partial charge in [-0.2, -0.15) is 0 Å². The van der Waals surface area contributed by atoms with Gasteiger partial charge in [0.15, 0.2) is 0 Å². The second-order valence-corrected chi connectivity index (χ2v) is 10.4. The summed E-state index contributed by atoms with van der Waals surface area (Å²) in [7, 11) is 0. The summed E-state index contributed by atoms with van der Waals surface area (Å²) >= 11 is 0. The zero-order valence-corrected chi connectivity index (χ0v) is 20.3. The standard InChI is InChI=1S/C27H45NO4/c1-3-4-7-20(2)16-23(29)10-11-24-25-18-21(17-22(25)19-26(24)30)8-5-6-9-27(31)28-12-14-32-15-13-28/h10-11,17,20,22-26,29-30H,3-9,12-16,18-19H2,1-2H3/t20-,22+,23-,24-,25+,26-/m1/s1. The van der Waals surface area contributed by atoms with Crippen LogP contribution >= 0.6 is 0 Å². The molecule has 1 saturated carbocycles. The fraction of sp³-hybridized carbons (Fsp3) is 0.815. The Morgan fingerprint density at radius 2 is 2.06 bits per heavy atom. The van der Waals surface area contributed by atoms with Crippen molar-refractivity contribution < 1.29 is 19.7 Å². The van der Waals surface area contributed by atoms with E-state index in [1.54, 1.807) is 0 Å². The summed E-state index contributed by atoms with van der Waals surface area (Å²) in [5.74, 6) is 1.88. The molecule has 2 N–H and O–H groups in total. The second-order valence-electron chi connectivity index (χ2n) is 10.4. The van der Waals surface area contributed by atoms with Crippen molar-refractivity contribution in [2.75, 3.05) is 26.3 Å². The minimum Gasteiger partial charge on any atom is -0.392 e. The summed E-state index contributed by atoms with van der Waals surface area (Å²) in [6.07, 6.45) is 15.7. The number of rotatable bonds is 12. The average molecular weight is 448 g/mol. The molecule has 1 saturated heterocycles. The highest BCUT2D eigenvalue weighted by Crippen LogP contribution is 2.48. The highest BCUT2D eigenvalue weighted by atomic mass is 16.5. The monoisotopic (exact) mass is 447 g/mol. The zero-order chi connectivity index (χ0) is 22.9. The Labute approximate surface area is 194 Å². The van der Waals surface area contributed by atoms with Gasteiger partial charge in [-0.05, 0) is 56.3 Å². The predicted molar refractivity (Wildman–Crippen MR) is 128 cm³/mol. The van der Waals surface area contributed by atoms with Gasteiger partial charge in [0.05, 0.1) is 25.4 Å². The van der Waals surface area contributed by atoms with Crippen LogP contribution in [0.25, 0.3) is 0 Å². The Morgan fingerprint density at radius 1 is 1.28 bits per heavy atom. The Hall–Kier alpha value is -1.17. The summed E-state index contributed by atoms with van der Waals surface area (Å²) in [6.45, 7) is 7.22. The molecule has 0 unspecified atom stereocenters. The van der Waals surface area contributed by atoms with Crippen molar-refractivity contribution in [2.24, 2.45) is 23.7 Å². The topological polar surface area (TPSA) is 70.0 Å². The van der Waals surface area contributed by atoms with Crippen LogP contribution in [-0.2, 0) is 9.53 Å². The van der Waals surface area contributed by atoms with Gasteiger partial charge in [0, 0.05) is 25.4 Å². The number of hydrogen-bond donors (Lipinski definition) is 2. The number of carbonyl (C=O) groups is 1. The predicted octanol–water partition coefficient (Wildman–Crippen LogP) is 4.48. The first kappa shape index (κ1) is 25.5. The molecule has 32 heavy (non-hydrogen) atoms. The number of unbranched alkanes of at least 4 members (excludes halogenated alkanes) is 2. The summed E-state index contributed by atoms with van der Waals surface area (Å²) in [6, 6.07) is 0. The van der Waals surface area contributed by atoms with E-state index in [-0.39, 0.29) is 17.9 Å². The molecule has 3 aliphatic rings. The first-order chi connectivity index (χ1) is 15.5. The molecule has 6 atom stereocenters. The van der Waals surface area contributed by atoms with Gasteiger partial charge in [0.25, 0.3) is 0 Å². The van der Waals surface area contributed by atoms with Crippen molar-refractivity contribution in [2.45, 2.75) is 90.3 Å². The van der Waals surface area contributed by atoms with Crippen LogP contribution in [-0.4, -0.2) is 59.5 Å². The van der Waals surface area contributed by atoms with E-state index in [9.17, 15) is 15.0 Å². The van der Waals surface area contributed by atoms with Gasteiger partial charge in [0.2, 0.25) is 5.91 Å². The van der Waals surface area contributed by atoms with Gasteiger partial charge in [0.1, 0.15) is 0 Å². The van der Waals surface area contributed by atoms with E-state index in [1.807, 2.05) is 11.0 Å². The van der Waals surface area contributed by atoms with Crippen LogP contribution in [0, 0.1) is 23.7 Å². The molecule has 0 aromatic heterocycles. The number of morpholine rings is 1. The third kappa shape index (κ3) is 7.43. The summed E-state index contributed by atoms with van der Waals surface area (Å²) < 4.78 is 5.32. The van der Waals surface area contributed by atoms with Gasteiger partial charge >= 0.3 is 0 Å². The number of ether oxygens (including phenoxy) is 1. The molecule has 0 bridgehead atoms. The van der Waals surface area contributed by atoms with Crippen LogP contribution in [0.5, 0.6) is 0 Å². The molecule has 0 radical (unpaired) electrons. The zero-order valence-electron chi connectivity index (χ0n) is 20.3. The molecule has 2 fully saturated rings. The lowest BCUT2D eigenvalue weighted by Gasteiger charge is -2.26. The van der Waals surface area contributed by atoms with Gasteiger partial charge in [-0.1, -0.05) is 56.9 Å². The molecule has 0 spiro atoms. The smallest absolute Gasteiger partial charge is 0.222 e. The quantitative estimate of drug-likeness (QED) is 0.342. The molecule has 5 heteroatoms. The number of hydrogen-bond acceptors (Lipinski definition) is 4. The minimum atomic E-state index is -0.411. The molecule has 3 rings (SSSR count). The van der Waals surface area contributed by atoms with Crippen molar-refractivity contribution >= 4 is 5.91 Å². The molecule has 0 aromatic carbocycles. The van der Waals surface area contributed by atoms with Crippen LogP contribution in [0.2, 0.25) is 0 Å². The lowest BCUT2D eigenvalue weighted by molar-refractivity contribution is -0.135. The SMILES string of the molecule is CCCC[C@@H](C)C[C@H](O)C=C[C@@H]1[C@H]2CC(CCCCC(=O)N3CCOCC3)=C[C@H]2C[C@H]1O. The molecule has 0 aromatic rings. The Morgan fingerprint density at radius 3 is 2.81 bits per heavy atom. The van der Waals surface area contributed by atoms with Crippen molar-refractivity contribution in [3.63, 3.8) is 0 Å². The number of aliphatic hydroxyl groups is 2. The second kappa shape index (κ2) is 12.9. The Kier molecular flexibility index (Phi) is 10.3. The van der Waals surface area contributed by atoms with Crippen LogP contribution in [0.15, 0.2) is 23.8 Å². The number of amides is 1. The maximum absolute atomic E-state index is 12.3. The molecule has 5 nitrogen and oxygen atoms in total. The molecule has 1 amide bonds. The van der Waals surface area contributed by atoms with E-state index in [0.29, 0.717) is 37.4 Å². The van der Waals surface area contributed by atoms with E-state index in [0.717, 1.165) is 51.6 Å². The van der Waals surface area contributed by atoms with Crippen LogP contribution in [0.4, 0.5) is 0 Å². The summed E-state index contributed by atoms with van der Waals surface area (Å²) in [5, 5.41) is 21.0. The van der Waals surface area contributed by atoms with Crippen molar-refractivity contribution in [1.82, 2.24) is 4.90 Å². The van der Waals surface area contributed by atoms with Crippen LogP contribution in [0.1, 0.15) is 78.1 Å². The van der Waals surface area contributed by atoms with Crippen molar-refractivity contribution in [3.05, 3.63) is 23.8 Å². The highest BCUT2D eigenvalue weighted by Gasteiger charge is 2.43. The van der Waals surface area contributed by atoms with E-state index in [2.05, 4.69) is 26.0 Å². The number of aliphatic hydroxyl groups excluding tert-OH is 2. The lowest BCUT2D eigenvalue weighted by atomic mass is 9.88. The fourth-order valence-electron chi connectivity index (χ4n) is 5.81. The third-order valence-corrected chi connectivity index (χ3v) is 7.70. The van der Waals surface area contributed by atoms with E-state index < -0.39 is 6.10 Å². The minimum absolute atomic E-state index is 0.150. The number of fused-ring (bicyclic) bond motifs is 1. The van der Waals surface area contributed by atoms with Gasteiger partial charge < -0.3 is 19.8 Å².